The topological polar surface area (TPSA) is 7.68 Å². The average Bonchev–Trinajstić information content (AvgIpc) is 2.17. The summed E-state index contributed by atoms with van der Waals surface area (Å²) in [4.78, 5) is 0. The van der Waals surface area contributed by atoms with Crippen molar-refractivity contribution in [1.82, 2.24) is 5.01 Å². The molecule has 2 nitrogen and oxygen atoms in total. The Morgan fingerprint density at radius 3 is 1.50 bits per heavy atom. The monoisotopic (exact) mass is 193 g/mol. The van der Waals surface area contributed by atoms with Gasteiger partial charge in [-0.2, -0.15) is 0 Å². The van der Waals surface area contributed by atoms with Gasteiger partial charge in [0.2, 0.25) is 0 Å². The number of quaternary nitrogens is 1. The summed E-state index contributed by atoms with van der Waals surface area (Å²) in [5, 5.41) is 3.55. The second-order valence-electron chi connectivity index (χ2n) is 3.03. The molecule has 0 aromatic heterocycles. The first-order valence-corrected chi connectivity index (χ1v) is 4.83. The van der Waals surface area contributed by atoms with E-state index < -0.39 is 0 Å². The molecule has 14 heavy (non-hydrogen) atoms. The van der Waals surface area contributed by atoms with E-state index in [2.05, 4.69) is 31.3 Å². The number of nitrogens with zero attached hydrogens (tertiary/aromatic N) is 1. The van der Waals surface area contributed by atoms with Gasteiger partial charge < -0.3 is 0 Å². The standard InChI is InChI=1S/C12H20N2/c1-5-9-13(10-6-2)14(11-7-3)12-8-4/h5-8H,1-4,9-12H2/p+1. The molecule has 0 bridgehead atoms. The highest BCUT2D eigenvalue weighted by molar-refractivity contribution is 4.76. The zero-order valence-corrected chi connectivity index (χ0v) is 8.91. The lowest BCUT2D eigenvalue weighted by atomic mass is 10.4. The summed E-state index contributed by atoms with van der Waals surface area (Å²) >= 11 is 0. The van der Waals surface area contributed by atoms with E-state index in [1.54, 1.807) is 0 Å². The maximum absolute atomic E-state index is 3.75. The molecule has 0 spiro atoms. The molecule has 1 N–H and O–H groups in total. The highest BCUT2D eigenvalue weighted by Crippen LogP contribution is 1.79. The van der Waals surface area contributed by atoms with E-state index in [1.165, 1.54) is 5.01 Å². The van der Waals surface area contributed by atoms with E-state index in [0.717, 1.165) is 26.2 Å². The molecule has 0 aliphatic rings. The van der Waals surface area contributed by atoms with Crippen LogP contribution in [-0.4, -0.2) is 31.2 Å². The van der Waals surface area contributed by atoms with Crippen LogP contribution < -0.4 is 5.01 Å². The third kappa shape index (κ3) is 4.80. The van der Waals surface area contributed by atoms with Gasteiger partial charge in [-0.1, -0.05) is 25.3 Å². The second kappa shape index (κ2) is 8.48. The van der Waals surface area contributed by atoms with Crippen LogP contribution in [0, 0.1) is 0 Å². The average molecular weight is 193 g/mol. The normalized spacial score (nSPS) is 10.1. The van der Waals surface area contributed by atoms with Crippen molar-refractivity contribution in [2.24, 2.45) is 0 Å². The van der Waals surface area contributed by atoms with Gasteiger partial charge >= 0.3 is 0 Å². The molecular formula is C12H21N2+. The van der Waals surface area contributed by atoms with Gasteiger partial charge in [0.25, 0.3) is 0 Å². The summed E-state index contributed by atoms with van der Waals surface area (Å²) in [6, 6.07) is 0. The summed E-state index contributed by atoms with van der Waals surface area (Å²) in [7, 11) is 0. The molecule has 0 heterocycles. The summed E-state index contributed by atoms with van der Waals surface area (Å²) < 4.78 is 0. The quantitative estimate of drug-likeness (QED) is 0.421. The lowest BCUT2D eigenvalue weighted by molar-refractivity contribution is -1.00. The van der Waals surface area contributed by atoms with E-state index in [0.29, 0.717) is 0 Å². The fourth-order valence-electron chi connectivity index (χ4n) is 1.32. The molecule has 0 amide bonds. The summed E-state index contributed by atoms with van der Waals surface area (Å²) in [5.74, 6) is 0. The van der Waals surface area contributed by atoms with Crippen LogP contribution in [0.1, 0.15) is 0 Å². The highest BCUT2D eigenvalue weighted by Gasteiger charge is 2.13. The maximum atomic E-state index is 3.75. The van der Waals surface area contributed by atoms with Crippen molar-refractivity contribution in [2.45, 2.75) is 0 Å². The van der Waals surface area contributed by atoms with Gasteiger partial charge in [-0.05, 0) is 12.2 Å². The Labute approximate surface area is 87.5 Å². The largest absolute Gasteiger partial charge is 0.248 e. The highest BCUT2D eigenvalue weighted by atomic mass is 15.6. The molecule has 0 aliphatic heterocycles. The van der Waals surface area contributed by atoms with E-state index in [1.807, 2.05) is 24.3 Å². The van der Waals surface area contributed by atoms with Crippen LogP contribution in [0.4, 0.5) is 0 Å². The fraction of sp³-hybridized carbons (Fsp3) is 0.333. The van der Waals surface area contributed by atoms with Crippen molar-refractivity contribution in [3.05, 3.63) is 50.6 Å². The predicted octanol–water partition coefficient (Wildman–Crippen LogP) is 0.832. The minimum atomic E-state index is 0.850. The van der Waals surface area contributed by atoms with Crippen LogP contribution in [0.15, 0.2) is 50.6 Å². The lowest BCUT2D eigenvalue weighted by Gasteiger charge is -2.27. The summed E-state index contributed by atoms with van der Waals surface area (Å²) in [6.45, 7) is 18.5. The van der Waals surface area contributed by atoms with E-state index >= 15 is 0 Å². The zero-order valence-electron chi connectivity index (χ0n) is 8.91. The van der Waals surface area contributed by atoms with Crippen molar-refractivity contribution in [2.75, 3.05) is 26.2 Å². The van der Waals surface area contributed by atoms with Crippen LogP contribution in [0.25, 0.3) is 0 Å². The van der Waals surface area contributed by atoms with Gasteiger partial charge in [0.1, 0.15) is 13.1 Å². The smallest absolute Gasteiger partial charge is 0.113 e. The van der Waals surface area contributed by atoms with E-state index in [9.17, 15) is 0 Å². The molecule has 0 rings (SSSR count). The third-order valence-corrected chi connectivity index (χ3v) is 1.91. The first-order chi connectivity index (χ1) is 6.79. The van der Waals surface area contributed by atoms with Gasteiger partial charge in [-0.25, -0.2) is 5.01 Å². The van der Waals surface area contributed by atoms with Crippen LogP contribution in [0.5, 0.6) is 0 Å². The number of hydrogen-bond donors (Lipinski definition) is 1. The molecule has 0 saturated heterocycles. The van der Waals surface area contributed by atoms with Gasteiger partial charge in [-0.3, -0.25) is 0 Å². The molecule has 0 fully saturated rings. The number of hydrogen-bond acceptors (Lipinski definition) is 1. The molecule has 2 heteroatoms. The summed E-state index contributed by atoms with van der Waals surface area (Å²) in [6.07, 6.45) is 7.63. The van der Waals surface area contributed by atoms with Crippen molar-refractivity contribution in [3.63, 3.8) is 0 Å². The molecule has 0 radical (unpaired) electrons. The summed E-state index contributed by atoms with van der Waals surface area (Å²) in [5.41, 5.74) is 0. The Hall–Kier alpha value is -1.12. The molecule has 0 atom stereocenters. The maximum Gasteiger partial charge on any atom is 0.113 e. The van der Waals surface area contributed by atoms with Gasteiger partial charge in [0.15, 0.2) is 0 Å². The van der Waals surface area contributed by atoms with Crippen LogP contribution in [0.3, 0.4) is 0 Å². The van der Waals surface area contributed by atoms with E-state index in [4.69, 9.17) is 0 Å². The first kappa shape index (κ1) is 12.9. The van der Waals surface area contributed by atoms with Crippen LogP contribution in [0.2, 0.25) is 0 Å². The Morgan fingerprint density at radius 2 is 1.21 bits per heavy atom. The van der Waals surface area contributed by atoms with E-state index in [-0.39, 0.29) is 0 Å². The molecule has 0 aliphatic carbocycles. The minimum Gasteiger partial charge on any atom is -0.248 e. The Morgan fingerprint density at radius 1 is 0.786 bits per heavy atom. The third-order valence-electron chi connectivity index (χ3n) is 1.91. The van der Waals surface area contributed by atoms with Crippen LogP contribution in [-0.2, 0) is 0 Å². The SMILES string of the molecule is C=CCN(CC=C)[NH+](CC=C)CC=C. The number of nitrogens with one attached hydrogen (secondary N) is 1. The molecule has 0 saturated carbocycles. The molecule has 0 unspecified atom stereocenters. The molecule has 0 aromatic rings. The van der Waals surface area contributed by atoms with Gasteiger partial charge in [-0.15, -0.1) is 18.2 Å². The van der Waals surface area contributed by atoms with Crippen LogP contribution >= 0.6 is 0 Å². The Balaban J connectivity index is 4.32. The van der Waals surface area contributed by atoms with Crippen molar-refractivity contribution >= 4 is 0 Å². The molecular weight excluding hydrogens is 172 g/mol. The number of rotatable bonds is 9. The lowest BCUT2D eigenvalue weighted by Crippen LogP contribution is -3.18. The van der Waals surface area contributed by atoms with Gasteiger partial charge in [0, 0.05) is 0 Å². The minimum absolute atomic E-state index is 0.850. The molecule has 78 valence electrons. The van der Waals surface area contributed by atoms with Crippen molar-refractivity contribution in [1.29, 1.82) is 0 Å². The Kier molecular flexibility index (Phi) is 7.80. The predicted molar refractivity (Wildman–Crippen MR) is 63.1 cm³/mol. The van der Waals surface area contributed by atoms with Crippen molar-refractivity contribution < 1.29 is 5.01 Å². The molecule has 0 aromatic carbocycles. The van der Waals surface area contributed by atoms with Gasteiger partial charge in [0.05, 0.1) is 13.1 Å². The zero-order chi connectivity index (χ0) is 10.8. The fourth-order valence-corrected chi connectivity index (χ4v) is 1.32. The first-order valence-electron chi connectivity index (χ1n) is 4.83. The second-order valence-corrected chi connectivity index (χ2v) is 3.03. The van der Waals surface area contributed by atoms with Crippen molar-refractivity contribution in [3.8, 4) is 0 Å². The Bertz CT molecular complexity index is 154.